The van der Waals surface area contributed by atoms with E-state index in [9.17, 15) is 0 Å². The number of pyridine rings is 1. The Morgan fingerprint density at radius 2 is 2.33 bits per heavy atom. The maximum Gasteiger partial charge on any atom is 0.145 e. The van der Waals surface area contributed by atoms with E-state index < -0.39 is 0 Å². The number of aliphatic hydroxyl groups excluding tert-OH is 1. The first kappa shape index (κ1) is 7.91. The molecule has 1 N–H and O–H groups in total. The van der Waals surface area contributed by atoms with Crippen molar-refractivity contribution in [3.8, 4) is 0 Å². The van der Waals surface area contributed by atoms with Crippen molar-refractivity contribution in [3.05, 3.63) is 23.0 Å². The minimum Gasteiger partial charge on any atom is -0.390 e. The molecule has 0 aliphatic rings. The molecule has 0 aliphatic heterocycles. The van der Waals surface area contributed by atoms with Gasteiger partial charge in [-0.1, -0.05) is 11.6 Å². The molecule has 0 amide bonds. The molecule has 0 aromatic carbocycles. The normalized spacial score (nSPS) is 10.8. The van der Waals surface area contributed by atoms with Gasteiger partial charge in [0.25, 0.3) is 0 Å². The van der Waals surface area contributed by atoms with Crippen molar-refractivity contribution >= 4 is 33.4 Å². The first-order valence-electron chi connectivity index (χ1n) is 3.33. The van der Waals surface area contributed by atoms with Crippen LogP contribution in [0.3, 0.4) is 0 Å². The Hall–Kier alpha value is -0.710. The summed E-state index contributed by atoms with van der Waals surface area (Å²) in [5.74, 6) is 0. The molecule has 3 nitrogen and oxygen atoms in total. The monoisotopic (exact) mass is 200 g/mol. The molecule has 0 fully saturated rings. The first-order chi connectivity index (χ1) is 5.81. The van der Waals surface area contributed by atoms with E-state index in [1.165, 1.54) is 11.5 Å². The molecule has 0 bridgehead atoms. The van der Waals surface area contributed by atoms with Crippen LogP contribution in [0.2, 0.25) is 5.15 Å². The number of nitrogens with zero attached hydrogens (tertiary/aromatic N) is 2. The molecule has 5 heteroatoms. The zero-order valence-corrected chi connectivity index (χ0v) is 7.56. The third-order valence-corrected chi connectivity index (χ3v) is 2.54. The highest BCUT2D eigenvalue weighted by atomic mass is 35.5. The highest BCUT2D eigenvalue weighted by Gasteiger charge is 2.05. The zero-order valence-electron chi connectivity index (χ0n) is 5.99. The van der Waals surface area contributed by atoms with Gasteiger partial charge in [0.15, 0.2) is 0 Å². The van der Waals surface area contributed by atoms with E-state index >= 15 is 0 Å². The van der Waals surface area contributed by atoms with E-state index in [2.05, 4.69) is 9.36 Å². The Balaban J connectivity index is 2.73. The van der Waals surface area contributed by atoms with Crippen LogP contribution in [0.15, 0.2) is 12.1 Å². The fourth-order valence-corrected chi connectivity index (χ4v) is 1.94. The van der Waals surface area contributed by atoms with Crippen LogP contribution < -0.4 is 0 Å². The fraction of sp³-hybridized carbons (Fsp3) is 0.143. The molecule has 0 aliphatic carbocycles. The number of fused-ring (bicyclic) bond motifs is 1. The van der Waals surface area contributed by atoms with Crippen molar-refractivity contribution in [1.29, 1.82) is 0 Å². The second-order valence-electron chi connectivity index (χ2n) is 2.27. The smallest absolute Gasteiger partial charge is 0.145 e. The standard InChI is InChI=1S/C7H5ClN2OS/c8-6-2-1-4-5(3-11)10-12-7(4)9-6/h1-2,11H,3H2. The van der Waals surface area contributed by atoms with E-state index in [1.54, 1.807) is 6.07 Å². The number of aromatic nitrogens is 2. The van der Waals surface area contributed by atoms with E-state index in [-0.39, 0.29) is 6.61 Å². The molecule has 0 radical (unpaired) electrons. The third-order valence-electron chi connectivity index (χ3n) is 1.53. The maximum atomic E-state index is 8.88. The van der Waals surface area contributed by atoms with E-state index in [0.29, 0.717) is 10.8 Å². The van der Waals surface area contributed by atoms with E-state index in [4.69, 9.17) is 16.7 Å². The van der Waals surface area contributed by atoms with Crippen LogP contribution >= 0.6 is 23.1 Å². The van der Waals surface area contributed by atoms with Crippen LogP contribution in [0.4, 0.5) is 0 Å². The lowest BCUT2D eigenvalue weighted by atomic mass is 10.3. The molecule has 0 unspecified atom stereocenters. The minimum atomic E-state index is -0.0523. The summed E-state index contributed by atoms with van der Waals surface area (Å²) in [5, 5.41) is 10.2. The SMILES string of the molecule is OCc1nsc2nc(Cl)ccc12. The van der Waals surface area contributed by atoms with Gasteiger partial charge in [0, 0.05) is 5.39 Å². The molecule has 0 saturated carbocycles. The number of halogens is 1. The lowest BCUT2D eigenvalue weighted by Crippen LogP contribution is -1.82. The molecule has 0 atom stereocenters. The Bertz CT molecular complexity index is 415. The number of hydrogen-bond acceptors (Lipinski definition) is 4. The van der Waals surface area contributed by atoms with Crippen molar-refractivity contribution in [1.82, 2.24) is 9.36 Å². The van der Waals surface area contributed by atoms with Gasteiger partial charge in [-0.05, 0) is 23.7 Å². The van der Waals surface area contributed by atoms with Crippen LogP contribution in [0.5, 0.6) is 0 Å². The summed E-state index contributed by atoms with van der Waals surface area (Å²) in [7, 11) is 0. The number of rotatable bonds is 1. The second-order valence-corrected chi connectivity index (χ2v) is 3.41. The first-order valence-corrected chi connectivity index (χ1v) is 4.48. The summed E-state index contributed by atoms with van der Waals surface area (Å²) in [6.45, 7) is -0.0523. The van der Waals surface area contributed by atoms with Crippen LogP contribution in [0, 0.1) is 0 Å². The Labute approximate surface area is 77.8 Å². The number of aliphatic hydroxyl groups is 1. The highest BCUT2D eigenvalue weighted by Crippen LogP contribution is 2.22. The lowest BCUT2D eigenvalue weighted by molar-refractivity contribution is 0.279. The van der Waals surface area contributed by atoms with Crippen LogP contribution in [-0.2, 0) is 6.61 Å². The van der Waals surface area contributed by atoms with Gasteiger partial charge < -0.3 is 5.11 Å². The molecule has 2 aromatic rings. The van der Waals surface area contributed by atoms with Gasteiger partial charge >= 0.3 is 0 Å². The Kier molecular flexibility index (Phi) is 1.96. The van der Waals surface area contributed by atoms with Gasteiger partial charge in [0.2, 0.25) is 0 Å². The van der Waals surface area contributed by atoms with Crippen LogP contribution in [0.25, 0.3) is 10.2 Å². The van der Waals surface area contributed by atoms with Crippen molar-refractivity contribution in [2.45, 2.75) is 6.61 Å². The van der Waals surface area contributed by atoms with Gasteiger partial charge in [-0.3, -0.25) is 0 Å². The summed E-state index contributed by atoms with van der Waals surface area (Å²) in [4.78, 5) is 4.82. The van der Waals surface area contributed by atoms with E-state index in [0.717, 1.165) is 10.2 Å². The second kappa shape index (κ2) is 2.97. The quantitative estimate of drug-likeness (QED) is 0.715. The topological polar surface area (TPSA) is 46.0 Å². The van der Waals surface area contributed by atoms with Crippen LogP contribution in [0.1, 0.15) is 5.69 Å². The molecule has 2 heterocycles. The summed E-state index contributed by atoms with van der Waals surface area (Å²) >= 11 is 6.92. The van der Waals surface area contributed by atoms with Crippen molar-refractivity contribution < 1.29 is 5.11 Å². The zero-order chi connectivity index (χ0) is 8.55. The minimum absolute atomic E-state index is 0.0523. The summed E-state index contributed by atoms with van der Waals surface area (Å²) in [6, 6.07) is 3.51. The Morgan fingerprint density at radius 3 is 3.08 bits per heavy atom. The molecule has 0 saturated heterocycles. The van der Waals surface area contributed by atoms with Gasteiger partial charge in [0.1, 0.15) is 9.98 Å². The molecule has 2 aromatic heterocycles. The molecule has 2 rings (SSSR count). The van der Waals surface area contributed by atoms with Gasteiger partial charge in [0.05, 0.1) is 12.3 Å². The summed E-state index contributed by atoms with van der Waals surface area (Å²) in [5.41, 5.74) is 0.666. The van der Waals surface area contributed by atoms with Crippen LogP contribution in [-0.4, -0.2) is 14.5 Å². The average Bonchev–Trinajstić information content (AvgIpc) is 2.46. The average molecular weight is 201 g/mol. The summed E-state index contributed by atoms with van der Waals surface area (Å²) in [6.07, 6.45) is 0. The predicted octanol–water partition coefficient (Wildman–Crippen LogP) is 1.84. The lowest BCUT2D eigenvalue weighted by Gasteiger charge is -1.90. The summed E-state index contributed by atoms with van der Waals surface area (Å²) < 4.78 is 4.03. The maximum absolute atomic E-state index is 8.88. The number of hydrogen-bond donors (Lipinski definition) is 1. The van der Waals surface area contributed by atoms with E-state index in [1.807, 2.05) is 6.07 Å². The molecular formula is C7H5ClN2OS. The van der Waals surface area contributed by atoms with Crippen molar-refractivity contribution in [3.63, 3.8) is 0 Å². The van der Waals surface area contributed by atoms with Crippen molar-refractivity contribution in [2.24, 2.45) is 0 Å². The fourth-order valence-electron chi connectivity index (χ4n) is 0.969. The molecule has 12 heavy (non-hydrogen) atoms. The largest absolute Gasteiger partial charge is 0.390 e. The van der Waals surface area contributed by atoms with Crippen molar-refractivity contribution in [2.75, 3.05) is 0 Å². The van der Waals surface area contributed by atoms with Gasteiger partial charge in [-0.15, -0.1) is 0 Å². The molecular weight excluding hydrogens is 196 g/mol. The third kappa shape index (κ3) is 1.18. The highest BCUT2D eigenvalue weighted by molar-refractivity contribution is 7.12. The van der Waals surface area contributed by atoms with Gasteiger partial charge in [-0.25, -0.2) is 4.98 Å². The molecule has 62 valence electrons. The Morgan fingerprint density at radius 1 is 1.50 bits per heavy atom. The predicted molar refractivity (Wildman–Crippen MR) is 48.3 cm³/mol. The molecule has 0 spiro atoms. The van der Waals surface area contributed by atoms with Gasteiger partial charge in [-0.2, -0.15) is 4.37 Å².